The number of amides is 1. The summed E-state index contributed by atoms with van der Waals surface area (Å²) in [6, 6.07) is 0. The number of rotatable bonds is 1. The van der Waals surface area contributed by atoms with E-state index in [9.17, 15) is 14.4 Å². The molecule has 4 rings (SSSR count). The molecule has 1 amide bonds. The summed E-state index contributed by atoms with van der Waals surface area (Å²) in [6.07, 6.45) is 3.39. The lowest BCUT2D eigenvalue weighted by molar-refractivity contribution is -0.168. The SMILES string of the molecule is COC1=C(C)C(=O)O[C@]12C(=O)C(C)=C1CCCCN3C(=O)CC[C@]132. The van der Waals surface area contributed by atoms with Crippen LogP contribution in [0.4, 0.5) is 0 Å². The first kappa shape index (κ1) is 15.4. The summed E-state index contributed by atoms with van der Waals surface area (Å²) in [7, 11) is 1.46. The van der Waals surface area contributed by atoms with E-state index in [2.05, 4.69) is 0 Å². The zero-order valence-corrected chi connectivity index (χ0v) is 14.2. The quantitative estimate of drug-likeness (QED) is 0.683. The van der Waals surface area contributed by atoms with Crippen LogP contribution in [0.15, 0.2) is 22.5 Å². The Labute approximate surface area is 140 Å². The predicted octanol–water partition coefficient (Wildman–Crippen LogP) is 1.65. The van der Waals surface area contributed by atoms with Crippen LogP contribution in [0.25, 0.3) is 0 Å². The molecule has 2 saturated heterocycles. The fraction of sp³-hybridized carbons (Fsp3) is 0.611. The number of hydrogen-bond donors (Lipinski definition) is 0. The molecular formula is C18H21NO5. The van der Waals surface area contributed by atoms with Crippen LogP contribution >= 0.6 is 0 Å². The first-order chi connectivity index (χ1) is 11.4. The summed E-state index contributed by atoms with van der Waals surface area (Å²) in [5.74, 6) is -0.478. The van der Waals surface area contributed by atoms with Gasteiger partial charge in [-0.15, -0.1) is 0 Å². The number of ether oxygens (including phenoxy) is 2. The molecule has 2 atom stereocenters. The van der Waals surface area contributed by atoms with Gasteiger partial charge in [0, 0.05) is 13.0 Å². The minimum absolute atomic E-state index is 0.0207. The van der Waals surface area contributed by atoms with Gasteiger partial charge < -0.3 is 14.4 Å². The Balaban J connectivity index is 2.05. The average molecular weight is 331 g/mol. The summed E-state index contributed by atoms with van der Waals surface area (Å²) in [5, 5.41) is 0. The highest BCUT2D eigenvalue weighted by molar-refractivity contribution is 6.14. The Morgan fingerprint density at radius 3 is 2.54 bits per heavy atom. The second kappa shape index (κ2) is 4.71. The van der Waals surface area contributed by atoms with Crippen molar-refractivity contribution in [3.05, 3.63) is 22.5 Å². The molecule has 0 saturated carbocycles. The van der Waals surface area contributed by atoms with Gasteiger partial charge in [-0.05, 0) is 50.7 Å². The summed E-state index contributed by atoms with van der Waals surface area (Å²) in [6.45, 7) is 3.98. The first-order valence-electron chi connectivity index (χ1n) is 8.46. The Kier molecular flexibility index (Phi) is 3.03. The molecule has 3 aliphatic heterocycles. The summed E-state index contributed by atoms with van der Waals surface area (Å²) in [5.41, 5.74) is -0.543. The zero-order chi connectivity index (χ0) is 17.3. The Morgan fingerprint density at radius 1 is 1.08 bits per heavy atom. The van der Waals surface area contributed by atoms with E-state index in [0.29, 0.717) is 30.5 Å². The van der Waals surface area contributed by atoms with Gasteiger partial charge in [-0.2, -0.15) is 0 Å². The Morgan fingerprint density at radius 2 is 1.83 bits per heavy atom. The Bertz CT molecular complexity index is 749. The summed E-state index contributed by atoms with van der Waals surface area (Å²) < 4.78 is 11.3. The molecule has 0 radical (unpaired) electrons. The highest BCUT2D eigenvalue weighted by atomic mass is 16.6. The molecule has 6 nitrogen and oxygen atoms in total. The lowest BCUT2D eigenvalue weighted by atomic mass is 9.73. The molecule has 0 bridgehead atoms. The standard InChI is InChI=1S/C18H21NO5/c1-10-12-6-4-5-9-19-13(20)7-8-17(12,19)18(14(10)21)15(23-3)11(2)16(22)24-18/h4-9H2,1-3H3/t17-,18-/m1/s1. The highest BCUT2D eigenvalue weighted by Crippen LogP contribution is 2.60. The smallest absolute Gasteiger partial charge is 0.338 e. The van der Waals surface area contributed by atoms with E-state index in [0.717, 1.165) is 24.8 Å². The average Bonchev–Trinajstić information content (AvgIpc) is 3.00. The van der Waals surface area contributed by atoms with Gasteiger partial charge in [0.1, 0.15) is 5.54 Å². The fourth-order valence-corrected chi connectivity index (χ4v) is 5.18. The predicted molar refractivity (Wildman–Crippen MR) is 83.8 cm³/mol. The molecule has 0 unspecified atom stereocenters. The molecule has 6 heteroatoms. The molecule has 0 N–H and O–H groups in total. The molecule has 0 aromatic rings. The van der Waals surface area contributed by atoms with E-state index in [1.54, 1.807) is 18.7 Å². The van der Waals surface area contributed by atoms with Crippen molar-refractivity contribution in [3.63, 3.8) is 0 Å². The summed E-state index contributed by atoms with van der Waals surface area (Å²) >= 11 is 0. The molecule has 128 valence electrons. The molecule has 24 heavy (non-hydrogen) atoms. The second-order valence-corrected chi connectivity index (χ2v) is 7.02. The molecule has 2 fully saturated rings. The second-order valence-electron chi connectivity index (χ2n) is 7.02. The van der Waals surface area contributed by atoms with Crippen molar-refractivity contribution in [3.8, 4) is 0 Å². The van der Waals surface area contributed by atoms with Crippen LogP contribution in [0.1, 0.15) is 46.0 Å². The van der Waals surface area contributed by atoms with Crippen molar-refractivity contribution in [2.24, 2.45) is 0 Å². The maximum absolute atomic E-state index is 13.3. The molecule has 2 spiro atoms. The van der Waals surface area contributed by atoms with Gasteiger partial charge >= 0.3 is 5.97 Å². The zero-order valence-electron chi connectivity index (χ0n) is 14.2. The van der Waals surface area contributed by atoms with Crippen LogP contribution < -0.4 is 0 Å². The minimum atomic E-state index is -1.53. The number of nitrogens with zero attached hydrogens (tertiary/aromatic N) is 1. The largest absolute Gasteiger partial charge is 0.496 e. The van der Waals surface area contributed by atoms with Gasteiger partial charge in [0.25, 0.3) is 5.60 Å². The van der Waals surface area contributed by atoms with E-state index in [1.165, 1.54) is 7.11 Å². The van der Waals surface area contributed by atoms with E-state index in [4.69, 9.17) is 9.47 Å². The molecular weight excluding hydrogens is 310 g/mol. The van der Waals surface area contributed by atoms with Crippen LogP contribution in [0.5, 0.6) is 0 Å². The van der Waals surface area contributed by atoms with Crippen LogP contribution in [0.3, 0.4) is 0 Å². The summed E-state index contributed by atoms with van der Waals surface area (Å²) in [4.78, 5) is 40.1. The van der Waals surface area contributed by atoms with Gasteiger partial charge in [-0.1, -0.05) is 0 Å². The molecule has 0 aromatic heterocycles. The molecule has 3 heterocycles. The van der Waals surface area contributed by atoms with Crippen molar-refractivity contribution in [1.29, 1.82) is 0 Å². The number of methoxy groups -OCH3 is 1. The molecule has 0 aromatic carbocycles. The lowest BCUT2D eigenvalue weighted by Crippen LogP contribution is -2.64. The third kappa shape index (κ3) is 1.41. The van der Waals surface area contributed by atoms with E-state index < -0.39 is 17.1 Å². The van der Waals surface area contributed by atoms with Gasteiger partial charge in [0.2, 0.25) is 11.7 Å². The van der Waals surface area contributed by atoms with Crippen LogP contribution in [-0.2, 0) is 23.9 Å². The van der Waals surface area contributed by atoms with Gasteiger partial charge in [0.15, 0.2) is 5.76 Å². The number of carbonyl (C=O) groups excluding carboxylic acids is 3. The molecule has 4 aliphatic rings. The van der Waals surface area contributed by atoms with Crippen molar-refractivity contribution >= 4 is 17.7 Å². The van der Waals surface area contributed by atoms with Crippen molar-refractivity contribution in [2.45, 2.75) is 57.1 Å². The minimum Gasteiger partial charge on any atom is -0.496 e. The van der Waals surface area contributed by atoms with Crippen LogP contribution in [0, 0.1) is 0 Å². The molecule has 1 aliphatic carbocycles. The van der Waals surface area contributed by atoms with Gasteiger partial charge in [-0.25, -0.2) is 4.79 Å². The number of carbonyl (C=O) groups is 3. The van der Waals surface area contributed by atoms with Crippen molar-refractivity contribution < 1.29 is 23.9 Å². The third-order valence-corrected chi connectivity index (χ3v) is 6.13. The van der Waals surface area contributed by atoms with Crippen LogP contribution in [-0.4, -0.2) is 47.4 Å². The number of esters is 1. The lowest BCUT2D eigenvalue weighted by Gasteiger charge is -2.45. The number of hydrogen-bond acceptors (Lipinski definition) is 5. The van der Waals surface area contributed by atoms with Gasteiger partial charge in [0.05, 0.1) is 12.7 Å². The van der Waals surface area contributed by atoms with Gasteiger partial charge in [-0.3, -0.25) is 9.59 Å². The van der Waals surface area contributed by atoms with E-state index in [-0.39, 0.29) is 17.4 Å². The Hall–Kier alpha value is -2.11. The fourth-order valence-electron chi connectivity index (χ4n) is 5.18. The van der Waals surface area contributed by atoms with E-state index in [1.807, 2.05) is 0 Å². The monoisotopic (exact) mass is 331 g/mol. The van der Waals surface area contributed by atoms with Crippen molar-refractivity contribution in [1.82, 2.24) is 4.90 Å². The van der Waals surface area contributed by atoms with Crippen molar-refractivity contribution in [2.75, 3.05) is 13.7 Å². The number of Topliss-reactive ketones (excluding diaryl/α,β-unsaturated/α-hetero) is 1. The topological polar surface area (TPSA) is 72.9 Å². The van der Waals surface area contributed by atoms with Crippen LogP contribution in [0.2, 0.25) is 0 Å². The third-order valence-electron chi connectivity index (χ3n) is 6.13. The maximum atomic E-state index is 13.3. The normalized spacial score (nSPS) is 35.6. The highest BCUT2D eigenvalue weighted by Gasteiger charge is 2.76. The number of ketones is 1. The van der Waals surface area contributed by atoms with E-state index >= 15 is 0 Å². The maximum Gasteiger partial charge on any atom is 0.338 e. The first-order valence-corrected chi connectivity index (χ1v) is 8.46.